The lowest BCUT2D eigenvalue weighted by atomic mass is 9.98. The van der Waals surface area contributed by atoms with Crippen LogP contribution in [0.3, 0.4) is 0 Å². The third kappa shape index (κ3) is 4.80. The van der Waals surface area contributed by atoms with Gasteiger partial charge in [-0.2, -0.15) is 0 Å². The molecule has 1 aromatic rings. The molecule has 0 unspecified atom stereocenters. The highest BCUT2D eigenvalue weighted by atomic mass is 14.9. The molecule has 0 saturated heterocycles. The SMILES string of the molecule is CC(C)CCc1[c]cccc1CNC(C)C. The van der Waals surface area contributed by atoms with Crippen LogP contribution in [0.2, 0.25) is 0 Å². The minimum absolute atomic E-state index is 0.540. The van der Waals surface area contributed by atoms with Crippen LogP contribution in [0.1, 0.15) is 45.2 Å². The Kier molecular flexibility index (Phi) is 5.54. The number of nitrogens with one attached hydrogen (secondary N) is 1. The van der Waals surface area contributed by atoms with Gasteiger partial charge >= 0.3 is 0 Å². The monoisotopic (exact) mass is 218 g/mol. The van der Waals surface area contributed by atoms with Crippen molar-refractivity contribution in [2.75, 3.05) is 0 Å². The Morgan fingerprint density at radius 1 is 1.25 bits per heavy atom. The van der Waals surface area contributed by atoms with Gasteiger partial charge in [-0.05, 0) is 36.0 Å². The molecule has 1 rings (SSSR count). The molecule has 0 aliphatic rings. The smallest absolute Gasteiger partial charge is 0.0210 e. The lowest BCUT2D eigenvalue weighted by Crippen LogP contribution is -2.22. The third-order valence-electron chi connectivity index (χ3n) is 2.71. The van der Waals surface area contributed by atoms with Crippen molar-refractivity contribution in [1.29, 1.82) is 0 Å². The maximum Gasteiger partial charge on any atom is 0.0210 e. The van der Waals surface area contributed by atoms with E-state index in [9.17, 15) is 0 Å². The molecule has 0 amide bonds. The second-order valence-corrected chi connectivity index (χ2v) is 5.14. The van der Waals surface area contributed by atoms with Gasteiger partial charge in [-0.3, -0.25) is 0 Å². The molecule has 0 bridgehead atoms. The van der Waals surface area contributed by atoms with Crippen molar-refractivity contribution in [2.45, 2.75) is 53.1 Å². The number of hydrogen-bond acceptors (Lipinski definition) is 1. The van der Waals surface area contributed by atoms with Gasteiger partial charge in [-0.1, -0.05) is 45.9 Å². The summed E-state index contributed by atoms with van der Waals surface area (Å²) in [7, 11) is 0. The molecule has 1 nitrogen and oxygen atoms in total. The van der Waals surface area contributed by atoms with Crippen LogP contribution in [0.15, 0.2) is 18.2 Å². The highest BCUT2D eigenvalue weighted by Crippen LogP contribution is 2.13. The lowest BCUT2D eigenvalue weighted by Gasteiger charge is -2.13. The van der Waals surface area contributed by atoms with Crippen LogP contribution in [-0.2, 0) is 13.0 Å². The molecule has 1 heteroatoms. The second kappa shape index (κ2) is 6.70. The highest BCUT2D eigenvalue weighted by molar-refractivity contribution is 5.26. The van der Waals surface area contributed by atoms with E-state index in [0.29, 0.717) is 6.04 Å². The molecule has 0 aliphatic carbocycles. The van der Waals surface area contributed by atoms with Gasteiger partial charge in [-0.15, -0.1) is 0 Å². The largest absolute Gasteiger partial charge is 0.310 e. The number of aryl methyl sites for hydroxylation is 1. The maximum absolute atomic E-state index is 3.47. The van der Waals surface area contributed by atoms with Gasteiger partial charge in [0.05, 0.1) is 0 Å². The van der Waals surface area contributed by atoms with Crippen molar-refractivity contribution >= 4 is 0 Å². The quantitative estimate of drug-likeness (QED) is 0.769. The summed E-state index contributed by atoms with van der Waals surface area (Å²) in [6.07, 6.45) is 2.39. The van der Waals surface area contributed by atoms with E-state index in [1.807, 2.05) is 6.07 Å². The van der Waals surface area contributed by atoms with E-state index in [1.165, 1.54) is 17.5 Å². The Morgan fingerprint density at radius 3 is 2.62 bits per heavy atom. The molecule has 0 spiro atoms. The maximum atomic E-state index is 3.47. The molecule has 1 N–H and O–H groups in total. The zero-order chi connectivity index (χ0) is 12.0. The minimum Gasteiger partial charge on any atom is -0.310 e. The van der Waals surface area contributed by atoms with Crippen molar-refractivity contribution in [3.63, 3.8) is 0 Å². The molecule has 0 saturated carbocycles. The first-order valence-corrected chi connectivity index (χ1v) is 6.31. The average Bonchev–Trinajstić information content (AvgIpc) is 2.24. The average molecular weight is 218 g/mol. The molecule has 1 aromatic carbocycles. The second-order valence-electron chi connectivity index (χ2n) is 5.14. The topological polar surface area (TPSA) is 12.0 Å². The van der Waals surface area contributed by atoms with Crippen LogP contribution >= 0.6 is 0 Å². The van der Waals surface area contributed by atoms with Crippen LogP contribution in [0, 0.1) is 12.0 Å². The molecule has 0 aliphatic heterocycles. The van der Waals surface area contributed by atoms with Crippen molar-refractivity contribution in [3.8, 4) is 0 Å². The highest BCUT2D eigenvalue weighted by Gasteiger charge is 2.03. The standard InChI is InChI=1S/C15H24N/c1-12(2)9-10-14-7-5-6-8-15(14)11-16-13(3)4/h5-6,8,12-13,16H,9-11H2,1-4H3. The molecular weight excluding hydrogens is 194 g/mol. The summed E-state index contributed by atoms with van der Waals surface area (Å²) in [6.45, 7) is 9.87. The zero-order valence-electron chi connectivity index (χ0n) is 11.0. The molecule has 0 aromatic heterocycles. The van der Waals surface area contributed by atoms with Gasteiger partial charge in [0.15, 0.2) is 0 Å². The van der Waals surface area contributed by atoms with Gasteiger partial charge in [-0.25, -0.2) is 0 Å². The molecule has 1 radical (unpaired) electrons. The molecule has 0 heterocycles. The first-order valence-electron chi connectivity index (χ1n) is 6.31. The predicted octanol–water partition coefficient (Wildman–Crippen LogP) is 3.57. The molecule has 89 valence electrons. The van der Waals surface area contributed by atoms with Gasteiger partial charge in [0, 0.05) is 12.6 Å². The van der Waals surface area contributed by atoms with E-state index < -0.39 is 0 Å². The number of benzene rings is 1. The normalized spacial score (nSPS) is 11.4. The minimum atomic E-state index is 0.540. The summed E-state index contributed by atoms with van der Waals surface area (Å²) in [5, 5.41) is 3.47. The Bertz CT molecular complexity index is 271. The summed E-state index contributed by atoms with van der Waals surface area (Å²) in [6, 6.07) is 10.2. The summed E-state index contributed by atoms with van der Waals surface area (Å²) < 4.78 is 0. The van der Waals surface area contributed by atoms with E-state index in [2.05, 4.69) is 51.2 Å². The van der Waals surface area contributed by atoms with Crippen molar-refractivity contribution in [1.82, 2.24) is 5.32 Å². The predicted molar refractivity (Wildman–Crippen MR) is 70.4 cm³/mol. The van der Waals surface area contributed by atoms with Crippen molar-refractivity contribution in [2.24, 2.45) is 5.92 Å². The molecule has 0 atom stereocenters. The molecular formula is C15H24N. The van der Waals surface area contributed by atoms with Crippen LogP contribution in [0.25, 0.3) is 0 Å². The van der Waals surface area contributed by atoms with Gasteiger partial charge in [0.25, 0.3) is 0 Å². The fourth-order valence-corrected chi connectivity index (χ4v) is 1.65. The Labute approximate surface area is 100 Å². The Morgan fingerprint density at radius 2 is 2.00 bits per heavy atom. The van der Waals surface area contributed by atoms with Crippen molar-refractivity contribution < 1.29 is 0 Å². The van der Waals surface area contributed by atoms with Crippen LogP contribution < -0.4 is 5.32 Å². The fourth-order valence-electron chi connectivity index (χ4n) is 1.65. The van der Waals surface area contributed by atoms with E-state index >= 15 is 0 Å². The summed E-state index contributed by atoms with van der Waals surface area (Å²) >= 11 is 0. The number of rotatable bonds is 6. The first-order chi connectivity index (χ1) is 7.59. The molecule has 16 heavy (non-hydrogen) atoms. The van der Waals surface area contributed by atoms with Gasteiger partial charge in [0.2, 0.25) is 0 Å². The third-order valence-corrected chi connectivity index (χ3v) is 2.71. The summed E-state index contributed by atoms with van der Waals surface area (Å²) in [5.41, 5.74) is 2.78. The fraction of sp³-hybridized carbons (Fsp3) is 0.600. The van der Waals surface area contributed by atoms with Crippen molar-refractivity contribution in [3.05, 3.63) is 35.4 Å². The zero-order valence-corrected chi connectivity index (χ0v) is 11.0. The van der Waals surface area contributed by atoms with Gasteiger partial charge < -0.3 is 5.32 Å². The Balaban J connectivity index is 2.60. The summed E-state index contributed by atoms with van der Waals surface area (Å²) in [5.74, 6) is 0.763. The summed E-state index contributed by atoms with van der Waals surface area (Å²) in [4.78, 5) is 0. The van der Waals surface area contributed by atoms with Gasteiger partial charge in [0.1, 0.15) is 0 Å². The van der Waals surface area contributed by atoms with E-state index in [1.54, 1.807) is 0 Å². The van der Waals surface area contributed by atoms with Crippen LogP contribution in [0.5, 0.6) is 0 Å². The van der Waals surface area contributed by atoms with E-state index in [0.717, 1.165) is 18.9 Å². The van der Waals surface area contributed by atoms with E-state index in [-0.39, 0.29) is 0 Å². The van der Waals surface area contributed by atoms with Crippen LogP contribution in [-0.4, -0.2) is 6.04 Å². The molecule has 0 fully saturated rings. The lowest BCUT2D eigenvalue weighted by molar-refractivity contribution is 0.569. The number of hydrogen-bond donors (Lipinski definition) is 1. The van der Waals surface area contributed by atoms with Crippen LogP contribution in [0.4, 0.5) is 0 Å². The van der Waals surface area contributed by atoms with E-state index in [4.69, 9.17) is 0 Å². The first kappa shape index (κ1) is 13.2. The Hall–Kier alpha value is -0.820.